The van der Waals surface area contributed by atoms with Gasteiger partial charge in [0.2, 0.25) is 11.8 Å². The maximum atomic E-state index is 13.8. The van der Waals surface area contributed by atoms with Gasteiger partial charge in [-0.05, 0) is 60.4 Å². The van der Waals surface area contributed by atoms with Gasteiger partial charge in [0.1, 0.15) is 11.4 Å². The number of methoxy groups -OCH3 is 1. The van der Waals surface area contributed by atoms with Crippen LogP contribution in [0.1, 0.15) is 18.0 Å². The molecule has 0 spiro atoms. The topological polar surface area (TPSA) is 79.0 Å². The van der Waals surface area contributed by atoms with Gasteiger partial charge in [-0.15, -0.1) is 0 Å². The Hall–Kier alpha value is -2.91. The van der Waals surface area contributed by atoms with E-state index in [2.05, 4.69) is 5.32 Å². The Kier molecular flexibility index (Phi) is 6.69. The van der Waals surface area contributed by atoms with Gasteiger partial charge in [-0.25, -0.2) is 9.29 Å². The van der Waals surface area contributed by atoms with Gasteiger partial charge in [0.25, 0.3) is 0 Å². The quantitative estimate of drug-likeness (QED) is 0.477. The van der Waals surface area contributed by atoms with E-state index in [9.17, 15) is 18.8 Å². The Balaban J connectivity index is 1.83. The Morgan fingerprint density at radius 1 is 1.12 bits per heavy atom. The van der Waals surface area contributed by atoms with Crippen LogP contribution in [0.25, 0.3) is 0 Å². The molecule has 180 valence electrons. The second-order valence-corrected chi connectivity index (χ2v) is 9.79. The average molecular weight is 486 g/mol. The summed E-state index contributed by atoms with van der Waals surface area (Å²) >= 11 is 1.55. The van der Waals surface area contributed by atoms with Crippen molar-refractivity contribution in [2.24, 2.45) is 11.8 Å². The fourth-order valence-electron chi connectivity index (χ4n) is 5.08. The van der Waals surface area contributed by atoms with Crippen LogP contribution in [0.5, 0.6) is 0 Å². The van der Waals surface area contributed by atoms with Crippen LogP contribution in [0.2, 0.25) is 0 Å². The Labute approximate surface area is 202 Å². The largest absolute Gasteiger partial charge is 0.468 e. The monoisotopic (exact) mass is 485 g/mol. The molecule has 2 fully saturated rings. The van der Waals surface area contributed by atoms with E-state index in [0.29, 0.717) is 12.2 Å². The molecule has 4 rings (SSSR count). The maximum Gasteiger partial charge on any atom is 0.326 e. The van der Waals surface area contributed by atoms with Gasteiger partial charge in [0.05, 0.1) is 24.6 Å². The molecule has 4 atom stereocenters. The Bertz CT molecular complexity index is 1090. The first-order valence-corrected chi connectivity index (χ1v) is 12.4. The van der Waals surface area contributed by atoms with Gasteiger partial charge < -0.3 is 9.64 Å². The van der Waals surface area contributed by atoms with Crippen LogP contribution in [-0.2, 0) is 19.1 Å². The van der Waals surface area contributed by atoms with E-state index in [1.165, 1.54) is 31.4 Å². The van der Waals surface area contributed by atoms with E-state index < -0.39 is 47.0 Å². The number of nitrogens with zero attached hydrogens (tertiary/aromatic N) is 2. The number of esters is 1. The molecular weight excluding hydrogens is 457 g/mol. The highest BCUT2D eigenvalue weighted by Gasteiger charge is 2.68. The van der Waals surface area contributed by atoms with Gasteiger partial charge in [-0.3, -0.25) is 19.7 Å². The number of hydrogen-bond donors (Lipinski definition) is 1. The number of hydrogen-bond acceptors (Lipinski definition) is 7. The molecule has 2 heterocycles. The molecule has 0 radical (unpaired) electrons. The van der Waals surface area contributed by atoms with Crippen molar-refractivity contribution < 1.29 is 23.5 Å². The van der Waals surface area contributed by atoms with Crippen molar-refractivity contribution >= 4 is 40.9 Å². The van der Waals surface area contributed by atoms with Crippen molar-refractivity contribution in [3.8, 4) is 0 Å². The molecular formula is C25H28FN3O4S. The summed E-state index contributed by atoms with van der Waals surface area (Å²) in [6.45, 7) is 0. The predicted molar refractivity (Wildman–Crippen MR) is 130 cm³/mol. The van der Waals surface area contributed by atoms with Gasteiger partial charge in [-0.1, -0.05) is 12.1 Å². The summed E-state index contributed by atoms with van der Waals surface area (Å²) in [6.07, 6.45) is 2.24. The van der Waals surface area contributed by atoms with E-state index in [-0.39, 0.29) is 5.69 Å². The van der Waals surface area contributed by atoms with Crippen LogP contribution >= 0.6 is 11.8 Å². The second kappa shape index (κ2) is 9.38. The number of thioether (sulfide) groups is 1. The van der Waals surface area contributed by atoms with Crippen LogP contribution < -0.4 is 15.1 Å². The van der Waals surface area contributed by atoms with Crippen LogP contribution in [0.15, 0.2) is 48.5 Å². The number of nitrogens with one attached hydrogen (secondary N) is 1. The lowest BCUT2D eigenvalue weighted by molar-refractivity contribution is -0.152. The first-order chi connectivity index (χ1) is 16.2. The van der Waals surface area contributed by atoms with E-state index in [1.54, 1.807) is 11.8 Å². The number of carbonyl (C=O) groups is 3. The van der Waals surface area contributed by atoms with Crippen LogP contribution in [0.4, 0.5) is 15.8 Å². The summed E-state index contributed by atoms with van der Waals surface area (Å²) in [5, 5.41) is 3.37. The van der Waals surface area contributed by atoms with Crippen LogP contribution in [0.3, 0.4) is 0 Å². The first kappa shape index (κ1) is 24.2. The zero-order valence-corrected chi connectivity index (χ0v) is 20.4. The van der Waals surface area contributed by atoms with Gasteiger partial charge >= 0.3 is 5.97 Å². The minimum absolute atomic E-state index is 0.288. The highest BCUT2D eigenvalue weighted by atomic mass is 32.2. The van der Waals surface area contributed by atoms with Crippen molar-refractivity contribution in [3.05, 3.63) is 59.9 Å². The first-order valence-electron chi connectivity index (χ1n) is 11.0. The summed E-state index contributed by atoms with van der Waals surface area (Å²) in [5.41, 5.74) is 0.727. The van der Waals surface area contributed by atoms with E-state index >= 15 is 0 Å². The molecule has 0 aliphatic carbocycles. The molecule has 2 aromatic rings. The summed E-state index contributed by atoms with van der Waals surface area (Å²) < 4.78 is 18.7. The standard InChI is InChI=1S/C25H28FN3O4S/c1-28(2)17-9-5-15(6-10-17)21-19-20(25(27-21,13-14-34-4)24(32)33-3)23(31)29(22(19)30)18-11-7-16(26)8-12-18/h5-12,19-21,27H,13-14H2,1-4H3/t19-,20-,21+,25+/m0/s1. The average Bonchev–Trinajstić information content (AvgIpc) is 3.32. The smallest absolute Gasteiger partial charge is 0.326 e. The predicted octanol–water partition coefficient (Wildman–Crippen LogP) is 3.01. The summed E-state index contributed by atoms with van der Waals surface area (Å²) in [7, 11) is 5.16. The third-order valence-electron chi connectivity index (χ3n) is 6.76. The number of halogens is 1. The molecule has 34 heavy (non-hydrogen) atoms. The lowest BCUT2D eigenvalue weighted by Gasteiger charge is -2.32. The van der Waals surface area contributed by atoms with Crippen molar-refractivity contribution in [3.63, 3.8) is 0 Å². The molecule has 2 aromatic carbocycles. The molecule has 9 heteroatoms. The molecule has 2 aliphatic rings. The summed E-state index contributed by atoms with van der Waals surface area (Å²) in [5.74, 6) is -3.07. The van der Waals surface area contributed by atoms with E-state index in [1.807, 2.05) is 49.5 Å². The number of fused-ring (bicyclic) bond motifs is 1. The third kappa shape index (κ3) is 3.86. The van der Waals surface area contributed by atoms with Crippen molar-refractivity contribution in [1.82, 2.24) is 5.32 Å². The fourth-order valence-corrected chi connectivity index (χ4v) is 5.60. The number of ether oxygens (including phenoxy) is 1. The highest BCUT2D eigenvalue weighted by Crippen LogP contribution is 2.51. The van der Waals surface area contributed by atoms with Gasteiger partial charge in [-0.2, -0.15) is 11.8 Å². The highest BCUT2D eigenvalue weighted by molar-refractivity contribution is 7.98. The molecule has 2 amide bonds. The number of amides is 2. The van der Waals surface area contributed by atoms with Crippen LogP contribution in [0, 0.1) is 17.7 Å². The van der Waals surface area contributed by atoms with E-state index in [4.69, 9.17) is 4.74 Å². The summed E-state index contributed by atoms with van der Waals surface area (Å²) in [6, 6.07) is 12.3. The SMILES string of the molecule is COC(=O)[C@]1(CCSC)N[C@H](c2ccc(N(C)C)cc2)[C@H]2C(=O)N(c3ccc(F)cc3)C(=O)[C@H]21. The van der Waals surface area contributed by atoms with E-state index in [0.717, 1.165) is 16.2 Å². The van der Waals surface area contributed by atoms with Gasteiger partial charge in [0.15, 0.2) is 0 Å². The third-order valence-corrected chi connectivity index (χ3v) is 7.37. The van der Waals surface area contributed by atoms with Crippen molar-refractivity contribution in [1.29, 1.82) is 0 Å². The summed E-state index contributed by atoms with van der Waals surface area (Å²) in [4.78, 5) is 43.7. The number of rotatable bonds is 7. The number of carbonyl (C=O) groups excluding carboxylic acids is 3. The molecule has 0 aromatic heterocycles. The molecule has 1 N–H and O–H groups in total. The molecule has 0 saturated carbocycles. The lowest BCUT2D eigenvalue weighted by Crippen LogP contribution is -2.56. The van der Waals surface area contributed by atoms with Crippen molar-refractivity contribution in [2.75, 3.05) is 43.0 Å². The minimum atomic E-state index is -1.35. The number of benzene rings is 2. The van der Waals surface area contributed by atoms with Gasteiger partial charge in [0, 0.05) is 25.8 Å². The lowest BCUT2D eigenvalue weighted by atomic mass is 9.78. The number of anilines is 2. The second-order valence-electron chi connectivity index (χ2n) is 8.81. The maximum absolute atomic E-state index is 13.8. The minimum Gasteiger partial charge on any atom is -0.468 e. The number of imide groups is 1. The Morgan fingerprint density at radius 2 is 1.76 bits per heavy atom. The zero-order chi connectivity index (χ0) is 24.6. The molecule has 0 unspecified atom stereocenters. The van der Waals surface area contributed by atoms with Crippen molar-refractivity contribution in [2.45, 2.75) is 18.0 Å². The fraction of sp³-hybridized carbons (Fsp3) is 0.400. The molecule has 2 aliphatic heterocycles. The normalized spacial score (nSPS) is 26.0. The van der Waals surface area contributed by atoms with Crippen LogP contribution in [-0.4, -0.2) is 56.5 Å². The zero-order valence-electron chi connectivity index (χ0n) is 19.6. The molecule has 2 saturated heterocycles. The molecule has 0 bridgehead atoms. The Morgan fingerprint density at radius 3 is 2.32 bits per heavy atom. The molecule has 7 nitrogen and oxygen atoms in total.